The molecule has 0 spiro atoms. The molecule has 1 aliphatic carbocycles. The number of hydrogen-bond acceptors (Lipinski definition) is 2. The van der Waals surface area contributed by atoms with Crippen LogP contribution in [0.25, 0.3) is 0 Å². The molecule has 0 amide bonds. The summed E-state index contributed by atoms with van der Waals surface area (Å²) >= 11 is 0. The molecule has 0 radical (unpaired) electrons. The molecule has 1 aliphatic rings. The smallest absolute Gasteiger partial charge is 0.0435 e. The first-order valence-electron chi connectivity index (χ1n) is 10.2. The monoisotopic (exact) mass is 336 g/mol. The third kappa shape index (κ3) is 5.39. The number of nitrogens with zero attached hydrogens (tertiary/aromatic N) is 2. The fourth-order valence-electron chi connectivity index (χ4n) is 3.95. The van der Waals surface area contributed by atoms with Crippen molar-refractivity contribution in [2.75, 3.05) is 0 Å². The zero-order valence-corrected chi connectivity index (χ0v) is 15.8. The second-order valence-corrected chi connectivity index (χ2v) is 7.47. The molecule has 3 rings (SSSR count). The van der Waals surface area contributed by atoms with Crippen molar-refractivity contribution in [1.82, 2.24) is 9.97 Å². The van der Waals surface area contributed by atoms with Gasteiger partial charge in [-0.15, -0.1) is 0 Å². The predicted octanol–water partition coefficient (Wildman–Crippen LogP) is 5.65. The van der Waals surface area contributed by atoms with Gasteiger partial charge in [-0.05, 0) is 73.3 Å². The van der Waals surface area contributed by atoms with Crippen LogP contribution in [-0.2, 0) is 32.1 Å². The highest BCUT2D eigenvalue weighted by atomic mass is 14.7. The van der Waals surface area contributed by atoms with Crippen LogP contribution in [0.15, 0.2) is 30.7 Å². The van der Waals surface area contributed by atoms with Crippen molar-refractivity contribution in [3.8, 4) is 0 Å². The molecule has 0 bridgehead atoms. The highest BCUT2D eigenvalue weighted by Crippen LogP contribution is 2.20. The molecule has 0 aliphatic heterocycles. The highest BCUT2D eigenvalue weighted by Gasteiger charge is 2.09. The first kappa shape index (κ1) is 18.1. The lowest BCUT2D eigenvalue weighted by atomic mass is 9.95. The van der Waals surface area contributed by atoms with E-state index in [1.165, 1.54) is 85.7 Å². The summed E-state index contributed by atoms with van der Waals surface area (Å²) in [5.41, 5.74) is 7.13. The Balaban J connectivity index is 1.69. The Morgan fingerprint density at radius 1 is 0.840 bits per heavy atom. The fourth-order valence-corrected chi connectivity index (χ4v) is 3.95. The van der Waals surface area contributed by atoms with Gasteiger partial charge in [-0.3, -0.25) is 9.97 Å². The first-order valence-corrected chi connectivity index (χ1v) is 10.2. The first-order chi connectivity index (χ1) is 12.4. The van der Waals surface area contributed by atoms with Gasteiger partial charge >= 0.3 is 0 Å². The van der Waals surface area contributed by atoms with Gasteiger partial charge in [-0.2, -0.15) is 0 Å². The zero-order chi connectivity index (χ0) is 17.3. The lowest BCUT2D eigenvalue weighted by Gasteiger charge is -2.14. The SMILES string of the molecule is CCCc1ccncc1CCc1cnc2c(c1)CCCCCCCC2. The van der Waals surface area contributed by atoms with E-state index in [0.29, 0.717) is 0 Å². The van der Waals surface area contributed by atoms with Gasteiger partial charge in [-0.1, -0.05) is 45.1 Å². The maximum Gasteiger partial charge on any atom is 0.0435 e. The van der Waals surface area contributed by atoms with Crippen molar-refractivity contribution >= 4 is 0 Å². The van der Waals surface area contributed by atoms with Gasteiger partial charge < -0.3 is 0 Å². The molecule has 0 unspecified atom stereocenters. The van der Waals surface area contributed by atoms with Crippen molar-refractivity contribution in [2.24, 2.45) is 0 Å². The van der Waals surface area contributed by atoms with Crippen LogP contribution in [0.2, 0.25) is 0 Å². The van der Waals surface area contributed by atoms with E-state index in [4.69, 9.17) is 4.98 Å². The maximum absolute atomic E-state index is 4.85. The van der Waals surface area contributed by atoms with Crippen molar-refractivity contribution < 1.29 is 0 Å². The summed E-state index contributed by atoms with van der Waals surface area (Å²) in [6, 6.07) is 4.63. The number of aromatic nitrogens is 2. The molecule has 2 aromatic heterocycles. The van der Waals surface area contributed by atoms with E-state index >= 15 is 0 Å². The lowest BCUT2D eigenvalue weighted by Crippen LogP contribution is -2.04. The van der Waals surface area contributed by atoms with Gasteiger partial charge in [0.25, 0.3) is 0 Å². The molecular weight excluding hydrogens is 304 g/mol. The van der Waals surface area contributed by atoms with Crippen molar-refractivity contribution in [1.29, 1.82) is 0 Å². The van der Waals surface area contributed by atoms with E-state index < -0.39 is 0 Å². The topological polar surface area (TPSA) is 25.8 Å². The Labute approximate surface area is 153 Å². The summed E-state index contributed by atoms with van der Waals surface area (Å²) in [4.78, 5) is 9.19. The lowest BCUT2D eigenvalue weighted by molar-refractivity contribution is 0.576. The molecule has 134 valence electrons. The molecule has 0 aromatic carbocycles. The summed E-state index contributed by atoms with van der Waals surface area (Å²) in [5, 5.41) is 0. The number of pyridine rings is 2. The largest absolute Gasteiger partial charge is 0.264 e. The van der Waals surface area contributed by atoms with Crippen molar-refractivity contribution in [2.45, 2.75) is 84.0 Å². The van der Waals surface area contributed by atoms with E-state index in [9.17, 15) is 0 Å². The summed E-state index contributed by atoms with van der Waals surface area (Å²) in [5.74, 6) is 0. The minimum Gasteiger partial charge on any atom is -0.264 e. The van der Waals surface area contributed by atoms with Crippen LogP contribution >= 0.6 is 0 Å². The minimum absolute atomic E-state index is 1.07. The number of rotatable bonds is 5. The second-order valence-electron chi connectivity index (χ2n) is 7.47. The molecule has 25 heavy (non-hydrogen) atoms. The highest BCUT2D eigenvalue weighted by molar-refractivity contribution is 5.29. The Morgan fingerprint density at radius 3 is 2.48 bits per heavy atom. The molecule has 0 saturated carbocycles. The van der Waals surface area contributed by atoms with Crippen LogP contribution in [0.1, 0.15) is 79.8 Å². The van der Waals surface area contributed by atoms with Crippen LogP contribution in [0.3, 0.4) is 0 Å². The number of hydrogen-bond donors (Lipinski definition) is 0. The van der Waals surface area contributed by atoms with E-state index in [-0.39, 0.29) is 0 Å². The summed E-state index contributed by atoms with van der Waals surface area (Å²) < 4.78 is 0. The molecule has 0 fully saturated rings. The van der Waals surface area contributed by atoms with E-state index in [2.05, 4.69) is 36.4 Å². The van der Waals surface area contributed by atoms with E-state index in [1.807, 2.05) is 6.20 Å². The fraction of sp³-hybridized carbons (Fsp3) is 0.565. The molecule has 2 heterocycles. The average Bonchev–Trinajstić information content (AvgIpc) is 2.65. The van der Waals surface area contributed by atoms with Crippen LogP contribution in [0, 0.1) is 0 Å². The van der Waals surface area contributed by atoms with E-state index in [1.54, 1.807) is 0 Å². The van der Waals surface area contributed by atoms with E-state index in [0.717, 1.165) is 19.3 Å². The Bertz CT molecular complexity index is 663. The van der Waals surface area contributed by atoms with Crippen LogP contribution in [0.4, 0.5) is 0 Å². The summed E-state index contributed by atoms with van der Waals surface area (Å²) in [7, 11) is 0. The summed E-state index contributed by atoms with van der Waals surface area (Å²) in [6.45, 7) is 2.24. The number of aryl methyl sites for hydroxylation is 5. The van der Waals surface area contributed by atoms with Gasteiger partial charge in [0.1, 0.15) is 0 Å². The van der Waals surface area contributed by atoms with Gasteiger partial charge in [-0.25, -0.2) is 0 Å². The standard InChI is InChI=1S/C23H32N2/c1-2-9-20-14-15-24-18-22(20)13-12-19-16-21-10-7-5-3-4-6-8-11-23(21)25-17-19/h14-18H,2-13H2,1H3. The zero-order valence-electron chi connectivity index (χ0n) is 15.8. The molecule has 0 atom stereocenters. The Kier molecular flexibility index (Phi) is 7.02. The van der Waals surface area contributed by atoms with Gasteiger partial charge in [0.2, 0.25) is 0 Å². The van der Waals surface area contributed by atoms with Gasteiger partial charge in [0, 0.05) is 24.3 Å². The van der Waals surface area contributed by atoms with Crippen LogP contribution in [-0.4, -0.2) is 9.97 Å². The Morgan fingerprint density at radius 2 is 1.64 bits per heavy atom. The van der Waals surface area contributed by atoms with Crippen LogP contribution < -0.4 is 0 Å². The van der Waals surface area contributed by atoms with Crippen LogP contribution in [0.5, 0.6) is 0 Å². The summed E-state index contributed by atoms with van der Waals surface area (Å²) in [6.07, 6.45) is 21.1. The normalized spacial score (nSPS) is 15.6. The number of fused-ring (bicyclic) bond motifs is 1. The van der Waals surface area contributed by atoms with Gasteiger partial charge in [0.05, 0.1) is 0 Å². The van der Waals surface area contributed by atoms with Gasteiger partial charge in [0.15, 0.2) is 0 Å². The second kappa shape index (κ2) is 9.70. The van der Waals surface area contributed by atoms with Crippen molar-refractivity contribution in [3.05, 3.63) is 58.7 Å². The molecule has 2 heteroatoms. The molecular formula is C23H32N2. The molecule has 0 saturated heterocycles. The molecule has 0 N–H and O–H groups in total. The predicted molar refractivity (Wildman–Crippen MR) is 105 cm³/mol. The minimum atomic E-state index is 1.07. The molecule has 2 nitrogen and oxygen atoms in total. The quantitative estimate of drug-likeness (QED) is 0.704. The van der Waals surface area contributed by atoms with Crippen molar-refractivity contribution in [3.63, 3.8) is 0 Å². The maximum atomic E-state index is 4.85. The average molecular weight is 337 g/mol. The third-order valence-corrected chi connectivity index (χ3v) is 5.43. The molecule has 2 aromatic rings. The third-order valence-electron chi connectivity index (χ3n) is 5.43. The Hall–Kier alpha value is -1.70.